The molecule has 0 aromatic carbocycles. The zero-order valence-electron chi connectivity index (χ0n) is 15.1. The number of hydrogen-bond donors (Lipinski definition) is 2. The smallest absolute Gasteiger partial charge is 0.408 e. The number of allylic oxidation sites excluding steroid dienone is 1. The molecule has 7 nitrogen and oxygen atoms in total. The minimum absolute atomic E-state index is 0.296. The van der Waals surface area contributed by atoms with Gasteiger partial charge in [0.05, 0.1) is 19.1 Å². The number of fused-ring (bicyclic) bond motifs is 1. The Morgan fingerprint density at radius 1 is 1.38 bits per heavy atom. The summed E-state index contributed by atoms with van der Waals surface area (Å²) < 4.78 is 10.2. The lowest BCUT2D eigenvalue weighted by Gasteiger charge is -2.22. The van der Waals surface area contributed by atoms with Gasteiger partial charge in [-0.2, -0.15) is 0 Å². The van der Waals surface area contributed by atoms with Gasteiger partial charge in [-0.1, -0.05) is 13.3 Å². The first kappa shape index (κ1) is 18.6. The molecule has 0 aromatic rings. The van der Waals surface area contributed by atoms with Crippen LogP contribution in [-0.4, -0.2) is 36.9 Å². The second-order valence-corrected chi connectivity index (χ2v) is 7.24. The van der Waals surface area contributed by atoms with Crippen molar-refractivity contribution in [3.63, 3.8) is 0 Å². The van der Waals surface area contributed by atoms with Gasteiger partial charge in [0, 0.05) is 11.3 Å². The molecule has 3 unspecified atom stereocenters. The Bertz CT molecular complexity index is 524. The summed E-state index contributed by atoms with van der Waals surface area (Å²) in [7, 11) is 1.36. The Kier molecular flexibility index (Phi) is 5.74. The minimum atomic E-state index is -0.576. The van der Waals surface area contributed by atoms with Gasteiger partial charge in [0.2, 0.25) is 0 Å². The molecule has 1 aliphatic heterocycles. The van der Waals surface area contributed by atoms with E-state index in [9.17, 15) is 9.59 Å². The number of unbranched alkanes of at least 4 members (excludes halogenated alkanes) is 1. The summed E-state index contributed by atoms with van der Waals surface area (Å²) in [5.41, 5.74) is 4.25. The average molecular weight is 340 g/mol. The van der Waals surface area contributed by atoms with Gasteiger partial charge >= 0.3 is 12.1 Å². The molecule has 136 valence electrons. The molecule has 2 rings (SSSR count). The van der Waals surface area contributed by atoms with Crippen LogP contribution in [0.4, 0.5) is 4.79 Å². The second-order valence-electron chi connectivity index (χ2n) is 7.24. The lowest BCUT2D eigenvalue weighted by molar-refractivity contribution is -0.150. The summed E-state index contributed by atoms with van der Waals surface area (Å²) in [5, 5.41) is 2.88. The predicted molar refractivity (Wildman–Crippen MR) is 87.8 cm³/mol. The molecule has 2 N–H and O–H groups in total. The Balaban J connectivity index is 2.18. The maximum Gasteiger partial charge on any atom is 0.408 e. The van der Waals surface area contributed by atoms with E-state index in [-0.39, 0.29) is 12.0 Å². The summed E-state index contributed by atoms with van der Waals surface area (Å²) in [4.78, 5) is 29.8. The molecule has 1 fully saturated rings. The highest BCUT2D eigenvalue weighted by Gasteiger charge is 2.49. The van der Waals surface area contributed by atoms with Crippen molar-refractivity contribution in [1.29, 1.82) is 0 Å². The number of carbonyl (C=O) groups excluding carboxylic acids is 2. The Labute approximate surface area is 143 Å². The number of alkyl carbamates (subject to hydrolysis) is 1. The van der Waals surface area contributed by atoms with Crippen LogP contribution >= 0.6 is 0 Å². The molecular weight excluding hydrogens is 312 g/mol. The van der Waals surface area contributed by atoms with E-state index >= 15 is 0 Å². The maximum atomic E-state index is 12.1. The quantitative estimate of drug-likeness (QED) is 0.748. The van der Waals surface area contributed by atoms with Crippen LogP contribution in [0.5, 0.6) is 0 Å². The van der Waals surface area contributed by atoms with Gasteiger partial charge in [-0.25, -0.2) is 4.79 Å². The van der Waals surface area contributed by atoms with Crippen LogP contribution in [0.2, 0.25) is 0 Å². The number of hydroxylamine groups is 1. The molecule has 7 heteroatoms. The molecule has 0 spiro atoms. The van der Waals surface area contributed by atoms with E-state index in [1.807, 2.05) is 20.8 Å². The molecule has 0 aromatic heterocycles. The topological polar surface area (TPSA) is 85.9 Å². The third kappa shape index (κ3) is 4.20. The minimum Gasteiger partial charge on any atom is -0.469 e. The molecule has 1 aliphatic carbocycles. The van der Waals surface area contributed by atoms with Gasteiger partial charge in [-0.3, -0.25) is 15.1 Å². The molecule has 1 saturated carbocycles. The Hall–Kier alpha value is -1.76. The van der Waals surface area contributed by atoms with Crippen molar-refractivity contribution in [2.45, 2.75) is 71.1 Å². The molecule has 1 heterocycles. The number of hydrogen-bond acceptors (Lipinski definition) is 6. The first-order valence-electron chi connectivity index (χ1n) is 8.48. The first-order valence-corrected chi connectivity index (χ1v) is 8.48. The molecule has 24 heavy (non-hydrogen) atoms. The van der Waals surface area contributed by atoms with Crippen molar-refractivity contribution in [2.24, 2.45) is 5.92 Å². The highest BCUT2D eigenvalue weighted by atomic mass is 16.7. The molecule has 0 radical (unpaired) electrons. The number of nitrogens with one attached hydrogen (secondary N) is 2. The number of ether oxygens (including phenoxy) is 2. The highest BCUT2D eigenvalue weighted by Crippen LogP contribution is 2.40. The van der Waals surface area contributed by atoms with Gasteiger partial charge in [-0.05, 0) is 40.0 Å². The zero-order chi connectivity index (χ0) is 17.9. The van der Waals surface area contributed by atoms with Crippen molar-refractivity contribution < 1.29 is 23.9 Å². The van der Waals surface area contributed by atoms with Crippen LogP contribution in [0.3, 0.4) is 0 Å². The van der Waals surface area contributed by atoms with E-state index in [2.05, 4.69) is 17.7 Å². The van der Waals surface area contributed by atoms with Crippen LogP contribution in [0, 0.1) is 5.92 Å². The van der Waals surface area contributed by atoms with Gasteiger partial charge < -0.3 is 14.8 Å². The van der Waals surface area contributed by atoms with Crippen LogP contribution in [-0.2, 0) is 19.1 Å². The predicted octanol–water partition coefficient (Wildman–Crippen LogP) is 2.42. The van der Waals surface area contributed by atoms with Crippen molar-refractivity contribution >= 4 is 12.1 Å². The summed E-state index contributed by atoms with van der Waals surface area (Å²) in [5.74, 6) is -0.763. The molecule has 0 saturated heterocycles. The first-order chi connectivity index (χ1) is 11.3. The molecule has 1 amide bonds. The normalized spacial score (nSPS) is 26.0. The summed E-state index contributed by atoms with van der Waals surface area (Å²) in [6, 6.07) is -0.296. The lowest BCUT2D eigenvalue weighted by atomic mass is 10.0. The zero-order valence-corrected chi connectivity index (χ0v) is 15.1. The van der Waals surface area contributed by atoms with Gasteiger partial charge in [0.1, 0.15) is 11.7 Å². The standard InChI is InChI=1S/C17H28N2O5/c1-6-7-8-11-13-12(18-16(21)23-17(2,3)4)9-10(15(20)22-5)14(13)24-19-11/h10,12,14,19H,6-9H2,1-5H3,(H,18,21). The highest BCUT2D eigenvalue weighted by molar-refractivity contribution is 5.76. The van der Waals surface area contributed by atoms with Crippen LogP contribution in [0.25, 0.3) is 0 Å². The fourth-order valence-corrected chi connectivity index (χ4v) is 3.15. The van der Waals surface area contributed by atoms with E-state index in [1.54, 1.807) is 0 Å². The number of amides is 1. The van der Waals surface area contributed by atoms with Crippen LogP contribution in [0.15, 0.2) is 11.3 Å². The van der Waals surface area contributed by atoms with Crippen molar-refractivity contribution in [3.8, 4) is 0 Å². The van der Waals surface area contributed by atoms with Crippen molar-refractivity contribution in [1.82, 2.24) is 10.8 Å². The molecule has 2 aliphatic rings. The van der Waals surface area contributed by atoms with E-state index < -0.39 is 23.7 Å². The van der Waals surface area contributed by atoms with Gasteiger partial charge in [-0.15, -0.1) is 0 Å². The summed E-state index contributed by atoms with van der Waals surface area (Å²) in [6.07, 6.45) is 2.43. The molecule has 0 bridgehead atoms. The number of carbonyl (C=O) groups is 2. The van der Waals surface area contributed by atoms with Crippen molar-refractivity contribution in [2.75, 3.05) is 7.11 Å². The van der Waals surface area contributed by atoms with Gasteiger partial charge in [0.25, 0.3) is 0 Å². The van der Waals surface area contributed by atoms with E-state index in [0.717, 1.165) is 30.5 Å². The van der Waals surface area contributed by atoms with Crippen molar-refractivity contribution in [3.05, 3.63) is 11.3 Å². The lowest BCUT2D eigenvalue weighted by Crippen LogP contribution is -2.39. The number of rotatable bonds is 5. The third-order valence-electron chi connectivity index (χ3n) is 4.17. The van der Waals surface area contributed by atoms with Crippen LogP contribution in [0.1, 0.15) is 53.4 Å². The summed E-state index contributed by atoms with van der Waals surface area (Å²) >= 11 is 0. The average Bonchev–Trinajstić information content (AvgIpc) is 3.04. The van der Waals surface area contributed by atoms with E-state index in [0.29, 0.717) is 6.42 Å². The van der Waals surface area contributed by atoms with Gasteiger partial charge in [0.15, 0.2) is 0 Å². The second kappa shape index (κ2) is 7.42. The molecule has 3 atom stereocenters. The number of esters is 1. The number of methoxy groups -OCH3 is 1. The fraction of sp³-hybridized carbons (Fsp3) is 0.765. The Morgan fingerprint density at radius 2 is 2.08 bits per heavy atom. The fourth-order valence-electron chi connectivity index (χ4n) is 3.15. The van der Waals surface area contributed by atoms with E-state index in [4.69, 9.17) is 14.3 Å². The van der Waals surface area contributed by atoms with E-state index in [1.165, 1.54) is 7.11 Å². The summed E-state index contributed by atoms with van der Waals surface area (Å²) in [6.45, 7) is 7.55. The SMILES string of the molecule is CCCCC1=C2C(NC(=O)OC(C)(C)C)CC(C(=O)OC)C2ON1. The largest absolute Gasteiger partial charge is 0.469 e. The maximum absolute atomic E-state index is 12.1. The molecular formula is C17H28N2O5. The third-order valence-corrected chi connectivity index (χ3v) is 4.17. The monoisotopic (exact) mass is 340 g/mol. The van der Waals surface area contributed by atoms with Crippen LogP contribution < -0.4 is 10.8 Å². The Morgan fingerprint density at radius 3 is 2.67 bits per heavy atom.